The molecule has 2 aromatic carbocycles. The third-order valence-corrected chi connectivity index (χ3v) is 3.24. The first kappa shape index (κ1) is 14.3. The lowest BCUT2D eigenvalue weighted by Crippen LogP contribution is -2.38. The molecule has 20 heavy (non-hydrogen) atoms. The van der Waals surface area contributed by atoms with Crippen molar-refractivity contribution in [1.29, 1.82) is 0 Å². The molecule has 1 atom stereocenters. The summed E-state index contributed by atoms with van der Waals surface area (Å²) in [5, 5.41) is 0. The van der Waals surface area contributed by atoms with Crippen LogP contribution in [-0.2, 0) is 9.53 Å². The molecule has 0 saturated heterocycles. The SMILES string of the molecule is CCOC(=O)C(N)C(c1ccccc1)c1ccccc1. The Morgan fingerprint density at radius 3 is 1.85 bits per heavy atom. The number of carbonyl (C=O) groups is 1. The van der Waals surface area contributed by atoms with Gasteiger partial charge in [0, 0.05) is 5.92 Å². The quantitative estimate of drug-likeness (QED) is 0.849. The van der Waals surface area contributed by atoms with E-state index in [1.165, 1.54) is 0 Å². The predicted octanol–water partition coefficient (Wildman–Crippen LogP) is 2.71. The average Bonchev–Trinajstić information content (AvgIpc) is 2.50. The van der Waals surface area contributed by atoms with Crippen molar-refractivity contribution in [2.75, 3.05) is 6.61 Å². The molecule has 3 heteroatoms. The summed E-state index contributed by atoms with van der Waals surface area (Å²) < 4.78 is 5.06. The predicted molar refractivity (Wildman–Crippen MR) is 79.3 cm³/mol. The summed E-state index contributed by atoms with van der Waals surface area (Å²) in [6.45, 7) is 2.12. The van der Waals surface area contributed by atoms with Crippen LogP contribution in [0.2, 0.25) is 0 Å². The first-order chi connectivity index (χ1) is 9.74. The number of carbonyl (C=O) groups excluding carboxylic acids is 1. The van der Waals surface area contributed by atoms with Crippen LogP contribution in [0.1, 0.15) is 24.0 Å². The number of hydrogen-bond acceptors (Lipinski definition) is 3. The lowest BCUT2D eigenvalue weighted by Gasteiger charge is -2.23. The number of esters is 1. The molecule has 104 valence electrons. The van der Waals surface area contributed by atoms with Gasteiger partial charge in [0.25, 0.3) is 0 Å². The van der Waals surface area contributed by atoms with E-state index in [0.717, 1.165) is 11.1 Å². The summed E-state index contributed by atoms with van der Waals surface area (Å²) in [6.07, 6.45) is 0. The first-order valence-corrected chi connectivity index (χ1v) is 6.76. The summed E-state index contributed by atoms with van der Waals surface area (Å²) in [7, 11) is 0. The Kier molecular flexibility index (Phi) is 4.91. The Labute approximate surface area is 119 Å². The molecule has 0 fully saturated rings. The van der Waals surface area contributed by atoms with Gasteiger partial charge in [-0.1, -0.05) is 60.7 Å². The number of nitrogens with two attached hydrogens (primary N) is 1. The summed E-state index contributed by atoms with van der Waals surface area (Å²) in [6, 6.07) is 18.9. The van der Waals surface area contributed by atoms with Crippen molar-refractivity contribution < 1.29 is 9.53 Å². The molecule has 0 aliphatic rings. The standard InChI is InChI=1S/C17H19NO2/c1-2-20-17(19)16(18)15(13-9-5-3-6-10-13)14-11-7-4-8-12-14/h3-12,15-16H,2,18H2,1H3. The summed E-state index contributed by atoms with van der Waals surface area (Å²) in [5.41, 5.74) is 8.16. The Morgan fingerprint density at radius 1 is 1.00 bits per heavy atom. The normalized spacial score (nSPS) is 12.2. The summed E-state index contributed by atoms with van der Waals surface area (Å²) in [5.74, 6) is -0.568. The Hall–Kier alpha value is -2.13. The van der Waals surface area contributed by atoms with Crippen LogP contribution in [0.3, 0.4) is 0 Å². The number of rotatable bonds is 5. The van der Waals surface area contributed by atoms with Gasteiger partial charge >= 0.3 is 5.97 Å². The largest absolute Gasteiger partial charge is 0.465 e. The molecule has 2 rings (SSSR count). The van der Waals surface area contributed by atoms with Crippen LogP contribution in [0.25, 0.3) is 0 Å². The van der Waals surface area contributed by atoms with Crippen molar-refractivity contribution in [3.63, 3.8) is 0 Å². The highest BCUT2D eigenvalue weighted by Crippen LogP contribution is 2.27. The lowest BCUT2D eigenvalue weighted by molar-refractivity contribution is -0.145. The zero-order valence-corrected chi connectivity index (χ0v) is 11.5. The molecule has 0 spiro atoms. The van der Waals surface area contributed by atoms with Gasteiger partial charge in [-0.3, -0.25) is 4.79 Å². The highest BCUT2D eigenvalue weighted by Gasteiger charge is 2.28. The molecule has 2 N–H and O–H groups in total. The van der Waals surface area contributed by atoms with Crippen LogP contribution in [0, 0.1) is 0 Å². The highest BCUT2D eigenvalue weighted by molar-refractivity contribution is 5.77. The van der Waals surface area contributed by atoms with Gasteiger partial charge in [0.15, 0.2) is 0 Å². The zero-order chi connectivity index (χ0) is 14.4. The van der Waals surface area contributed by atoms with E-state index in [2.05, 4.69) is 0 Å². The van der Waals surface area contributed by atoms with Crippen LogP contribution >= 0.6 is 0 Å². The van der Waals surface area contributed by atoms with Crippen LogP contribution < -0.4 is 5.73 Å². The van der Waals surface area contributed by atoms with Crippen LogP contribution in [0.15, 0.2) is 60.7 Å². The fourth-order valence-corrected chi connectivity index (χ4v) is 2.30. The van der Waals surface area contributed by atoms with E-state index >= 15 is 0 Å². The molecule has 0 bridgehead atoms. The maximum absolute atomic E-state index is 12.0. The van der Waals surface area contributed by atoms with Crippen molar-refractivity contribution >= 4 is 5.97 Å². The molecule has 0 heterocycles. The van der Waals surface area contributed by atoms with E-state index < -0.39 is 6.04 Å². The van der Waals surface area contributed by atoms with Gasteiger partial charge in [-0.05, 0) is 18.1 Å². The highest BCUT2D eigenvalue weighted by atomic mass is 16.5. The average molecular weight is 269 g/mol. The fraction of sp³-hybridized carbons (Fsp3) is 0.235. The Bertz CT molecular complexity index is 500. The van der Waals surface area contributed by atoms with E-state index in [-0.39, 0.29) is 11.9 Å². The zero-order valence-electron chi connectivity index (χ0n) is 11.5. The number of benzene rings is 2. The molecule has 0 radical (unpaired) electrons. The van der Waals surface area contributed by atoms with E-state index in [0.29, 0.717) is 6.61 Å². The van der Waals surface area contributed by atoms with Crippen molar-refractivity contribution in [3.8, 4) is 0 Å². The molecular weight excluding hydrogens is 250 g/mol. The molecule has 0 amide bonds. The Morgan fingerprint density at radius 2 is 1.45 bits per heavy atom. The molecule has 1 unspecified atom stereocenters. The lowest BCUT2D eigenvalue weighted by atomic mass is 9.85. The van der Waals surface area contributed by atoms with Gasteiger partial charge in [-0.15, -0.1) is 0 Å². The third kappa shape index (κ3) is 3.25. The number of hydrogen-bond donors (Lipinski definition) is 1. The molecule has 0 aromatic heterocycles. The minimum atomic E-state index is -0.709. The van der Waals surface area contributed by atoms with E-state index in [9.17, 15) is 4.79 Å². The molecule has 3 nitrogen and oxygen atoms in total. The van der Waals surface area contributed by atoms with Crippen molar-refractivity contribution in [1.82, 2.24) is 0 Å². The van der Waals surface area contributed by atoms with E-state index in [4.69, 9.17) is 10.5 Å². The number of ether oxygens (including phenoxy) is 1. The van der Waals surface area contributed by atoms with Gasteiger partial charge in [0.2, 0.25) is 0 Å². The monoisotopic (exact) mass is 269 g/mol. The summed E-state index contributed by atoms with van der Waals surface area (Å²) in [4.78, 5) is 12.0. The first-order valence-electron chi connectivity index (χ1n) is 6.76. The second-order valence-corrected chi connectivity index (χ2v) is 4.58. The van der Waals surface area contributed by atoms with E-state index in [1.54, 1.807) is 6.92 Å². The second kappa shape index (κ2) is 6.87. The molecule has 2 aromatic rings. The topological polar surface area (TPSA) is 52.3 Å². The molecule has 0 aliphatic heterocycles. The fourth-order valence-electron chi connectivity index (χ4n) is 2.30. The summed E-state index contributed by atoms with van der Waals surface area (Å²) >= 11 is 0. The Balaban J connectivity index is 2.37. The smallest absolute Gasteiger partial charge is 0.323 e. The van der Waals surface area contributed by atoms with Crippen LogP contribution in [0.4, 0.5) is 0 Å². The van der Waals surface area contributed by atoms with Gasteiger partial charge in [-0.2, -0.15) is 0 Å². The van der Waals surface area contributed by atoms with Crippen LogP contribution in [0.5, 0.6) is 0 Å². The van der Waals surface area contributed by atoms with Crippen LogP contribution in [-0.4, -0.2) is 18.6 Å². The maximum atomic E-state index is 12.0. The van der Waals surface area contributed by atoms with E-state index in [1.807, 2.05) is 60.7 Å². The van der Waals surface area contributed by atoms with Gasteiger partial charge in [0.1, 0.15) is 6.04 Å². The molecule has 0 aliphatic carbocycles. The van der Waals surface area contributed by atoms with Crippen molar-refractivity contribution in [2.45, 2.75) is 18.9 Å². The van der Waals surface area contributed by atoms with Crippen molar-refractivity contribution in [2.24, 2.45) is 5.73 Å². The minimum Gasteiger partial charge on any atom is -0.465 e. The minimum absolute atomic E-state index is 0.198. The molecule has 0 saturated carbocycles. The van der Waals surface area contributed by atoms with Gasteiger partial charge in [-0.25, -0.2) is 0 Å². The third-order valence-electron chi connectivity index (χ3n) is 3.24. The van der Waals surface area contributed by atoms with Gasteiger partial charge < -0.3 is 10.5 Å². The van der Waals surface area contributed by atoms with Gasteiger partial charge in [0.05, 0.1) is 6.61 Å². The maximum Gasteiger partial charge on any atom is 0.323 e. The second-order valence-electron chi connectivity index (χ2n) is 4.58. The molecular formula is C17H19NO2. The van der Waals surface area contributed by atoms with Crippen molar-refractivity contribution in [3.05, 3.63) is 71.8 Å².